The molecule has 2 bridgehead atoms. The van der Waals surface area contributed by atoms with E-state index in [0.717, 1.165) is 37.3 Å². The minimum Gasteiger partial charge on any atom is -0.471 e. The number of nitrogens with zero attached hydrogens (tertiary/aromatic N) is 3. The van der Waals surface area contributed by atoms with Gasteiger partial charge in [-0.1, -0.05) is 0 Å². The van der Waals surface area contributed by atoms with Gasteiger partial charge in [-0.2, -0.15) is 0 Å². The van der Waals surface area contributed by atoms with Crippen molar-refractivity contribution in [3.8, 4) is 5.88 Å². The molecule has 1 saturated carbocycles. The summed E-state index contributed by atoms with van der Waals surface area (Å²) in [5.74, 6) is 1.28. The van der Waals surface area contributed by atoms with E-state index in [9.17, 15) is 12.8 Å². The average molecular weight is 399 g/mol. The first-order chi connectivity index (χ1) is 12.8. The van der Waals surface area contributed by atoms with Gasteiger partial charge in [-0.05, 0) is 39.0 Å². The third kappa shape index (κ3) is 3.63. The summed E-state index contributed by atoms with van der Waals surface area (Å²) in [6, 6.07) is 0.841. The highest BCUT2D eigenvalue weighted by atomic mass is 32.2. The van der Waals surface area contributed by atoms with Crippen molar-refractivity contribution in [3.05, 3.63) is 11.9 Å². The molecular formula is C18H27FN4O3S. The molecule has 4 rings (SSSR count). The number of aromatic nitrogens is 2. The van der Waals surface area contributed by atoms with E-state index in [-0.39, 0.29) is 6.42 Å². The van der Waals surface area contributed by atoms with Crippen LogP contribution in [0.2, 0.25) is 0 Å². The number of fused-ring (bicyclic) bond motifs is 2. The van der Waals surface area contributed by atoms with Crippen molar-refractivity contribution in [2.24, 2.45) is 0 Å². The smallest absolute Gasteiger partial charge is 0.221 e. The molecule has 150 valence electrons. The fourth-order valence-electron chi connectivity index (χ4n) is 4.65. The van der Waals surface area contributed by atoms with Crippen molar-refractivity contribution in [2.75, 3.05) is 24.2 Å². The van der Waals surface area contributed by atoms with Crippen LogP contribution in [0.15, 0.2) is 6.33 Å². The van der Waals surface area contributed by atoms with E-state index in [1.165, 1.54) is 12.6 Å². The van der Waals surface area contributed by atoms with E-state index >= 15 is 0 Å². The van der Waals surface area contributed by atoms with Gasteiger partial charge in [-0.3, -0.25) is 0 Å². The highest BCUT2D eigenvalue weighted by Gasteiger charge is 2.40. The minimum absolute atomic E-state index is 0.0115. The number of ether oxygens (including phenoxy) is 1. The first kappa shape index (κ1) is 18.9. The predicted octanol–water partition coefficient (Wildman–Crippen LogP) is 1.41. The third-order valence-corrected chi connectivity index (χ3v) is 7.81. The van der Waals surface area contributed by atoms with Crippen molar-refractivity contribution < 1.29 is 17.5 Å². The Morgan fingerprint density at radius 3 is 2.52 bits per heavy atom. The lowest BCUT2D eigenvalue weighted by Crippen LogP contribution is -2.52. The van der Waals surface area contributed by atoms with Crippen molar-refractivity contribution in [2.45, 2.75) is 68.6 Å². The number of nitrogens with one attached hydrogen (secondary N) is 1. The van der Waals surface area contributed by atoms with E-state index in [4.69, 9.17) is 4.74 Å². The van der Waals surface area contributed by atoms with Crippen LogP contribution in [-0.4, -0.2) is 67.3 Å². The van der Waals surface area contributed by atoms with Gasteiger partial charge in [0.05, 0.1) is 10.8 Å². The molecule has 0 amide bonds. The van der Waals surface area contributed by atoms with Crippen LogP contribution >= 0.6 is 0 Å². The zero-order valence-electron chi connectivity index (χ0n) is 15.8. The largest absolute Gasteiger partial charge is 0.471 e. The summed E-state index contributed by atoms with van der Waals surface area (Å²) < 4.78 is 43.9. The fourth-order valence-corrected chi connectivity index (χ4v) is 5.74. The molecule has 1 aliphatic carbocycles. The monoisotopic (exact) mass is 398 g/mol. The zero-order chi connectivity index (χ0) is 19.2. The lowest BCUT2D eigenvalue weighted by atomic mass is 9.95. The van der Waals surface area contributed by atoms with Gasteiger partial charge in [0, 0.05) is 31.4 Å². The van der Waals surface area contributed by atoms with Crippen molar-refractivity contribution in [1.82, 2.24) is 15.3 Å². The maximum absolute atomic E-state index is 14.6. The Kier molecular flexibility index (Phi) is 5.00. The molecule has 27 heavy (non-hydrogen) atoms. The van der Waals surface area contributed by atoms with Gasteiger partial charge in [0.2, 0.25) is 5.88 Å². The van der Waals surface area contributed by atoms with Crippen LogP contribution in [0, 0.1) is 6.92 Å². The van der Waals surface area contributed by atoms with Gasteiger partial charge in [0.25, 0.3) is 0 Å². The molecule has 0 radical (unpaired) electrons. The maximum atomic E-state index is 14.6. The molecule has 2 saturated heterocycles. The maximum Gasteiger partial charge on any atom is 0.221 e. The van der Waals surface area contributed by atoms with Crippen molar-refractivity contribution >= 4 is 15.7 Å². The summed E-state index contributed by atoms with van der Waals surface area (Å²) in [7, 11) is -3.22. The summed E-state index contributed by atoms with van der Waals surface area (Å²) in [6.45, 7) is 3.80. The highest BCUT2D eigenvalue weighted by molar-refractivity contribution is 7.91. The summed E-state index contributed by atoms with van der Waals surface area (Å²) in [4.78, 5) is 11.1. The van der Waals surface area contributed by atoms with E-state index in [0.29, 0.717) is 30.8 Å². The van der Waals surface area contributed by atoms with Crippen LogP contribution in [0.1, 0.15) is 37.7 Å². The number of halogens is 1. The molecule has 0 spiro atoms. The van der Waals surface area contributed by atoms with Crippen LogP contribution in [-0.2, 0) is 9.84 Å². The van der Waals surface area contributed by atoms with Crippen LogP contribution in [0.5, 0.6) is 5.88 Å². The molecule has 1 N–H and O–H groups in total. The Bertz CT molecular complexity index is 790. The molecule has 5 unspecified atom stereocenters. The molecule has 3 aliphatic rings. The quantitative estimate of drug-likeness (QED) is 0.821. The molecule has 3 fully saturated rings. The number of sulfone groups is 1. The summed E-state index contributed by atoms with van der Waals surface area (Å²) >= 11 is 0. The Balaban J connectivity index is 1.51. The van der Waals surface area contributed by atoms with Crippen molar-refractivity contribution in [3.63, 3.8) is 0 Å². The Labute approximate surface area is 159 Å². The van der Waals surface area contributed by atoms with E-state index in [1.807, 2.05) is 6.92 Å². The van der Waals surface area contributed by atoms with E-state index in [1.54, 1.807) is 0 Å². The fraction of sp³-hybridized carbons (Fsp3) is 0.778. The lowest BCUT2D eigenvalue weighted by Gasteiger charge is -2.37. The summed E-state index contributed by atoms with van der Waals surface area (Å²) in [5, 5.41) is 2.83. The molecule has 7 nitrogen and oxygen atoms in total. The Hall–Kier alpha value is -1.48. The van der Waals surface area contributed by atoms with Gasteiger partial charge in [-0.15, -0.1) is 0 Å². The normalized spacial score (nSPS) is 33.9. The van der Waals surface area contributed by atoms with Gasteiger partial charge >= 0.3 is 0 Å². The lowest BCUT2D eigenvalue weighted by molar-refractivity contribution is 0.0607. The number of anilines is 1. The van der Waals surface area contributed by atoms with E-state index in [2.05, 4.69) is 20.2 Å². The van der Waals surface area contributed by atoms with Crippen LogP contribution in [0.25, 0.3) is 0 Å². The Morgan fingerprint density at radius 2 is 1.89 bits per heavy atom. The molecule has 3 heterocycles. The molecule has 9 heteroatoms. The van der Waals surface area contributed by atoms with E-state index < -0.39 is 27.4 Å². The molecule has 1 aromatic heterocycles. The number of piperazine rings is 1. The van der Waals surface area contributed by atoms with Gasteiger partial charge in [0.15, 0.2) is 0 Å². The Morgan fingerprint density at radius 1 is 1.19 bits per heavy atom. The second kappa shape index (κ2) is 7.16. The number of hydrogen-bond acceptors (Lipinski definition) is 7. The second-order valence-corrected chi connectivity index (χ2v) is 10.3. The van der Waals surface area contributed by atoms with Crippen molar-refractivity contribution in [1.29, 1.82) is 0 Å². The molecular weight excluding hydrogens is 371 g/mol. The SMILES string of the molecule is Cc1c(OC2CCC(S(C)(=O)=O)CC2F)ncnc1N1C2CCC1CNC2. The van der Waals surface area contributed by atoms with Crippen LogP contribution in [0.4, 0.5) is 10.2 Å². The summed E-state index contributed by atoms with van der Waals surface area (Å²) in [6.07, 6.45) is 3.74. The first-order valence-electron chi connectivity index (χ1n) is 9.65. The second-order valence-electron chi connectivity index (χ2n) is 8.01. The standard InChI is InChI=1S/C18H27FN4O3S/c1-11-17(23-12-3-4-13(23)9-20-8-12)21-10-22-18(11)26-16-6-5-14(7-15(16)19)27(2,24)25/h10,12-16,20H,3-9H2,1-2H3. The van der Waals surface area contributed by atoms with Crippen LogP contribution < -0.4 is 15.0 Å². The molecule has 1 aromatic rings. The third-order valence-electron chi connectivity index (χ3n) is 6.17. The molecule has 0 aromatic carbocycles. The topological polar surface area (TPSA) is 84.4 Å². The average Bonchev–Trinajstić information content (AvgIpc) is 2.85. The van der Waals surface area contributed by atoms with Gasteiger partial charge < -0.3 is 15.0 Å². The molecule has 2 aliphatic heterocycles. The van der Waals surface area contributed by atoms with Gasteiger partial charge in [-0.25, -0.2) is 22.8 Å². The zero-order valence-corrected chi connectivity index (χ0v) is 16.6. The van der Waals surface area contributed by atoms with Crippen LogP contribution in [0.3, 0.4) is 0 Å². The highest BCUT2D eigenvalue weighted by Crippen LogP contribution is 2.36. The minimum atomic E-state index is -3.22. The first-order valence-corrected chi connectivity index (χ1v) is 11.6. The van der Waals surface area contributed by atoms with Gasteiger partial charge in [0.1, 0.15) is 34.3 Å². The number of rotatable bonds is 4. The summed E-state index contributed by atoms with van der Waals surface area (Å²) in [5.41, 5.74) is 0.828. The molecule has 5 atom stereocenters. The number of alkyl halides is 1. The predicted molar refractivity (Wildman–Crippen MR) is 101 cm³/mol. The number of hydrogen-bond donors (Lipinski definition) is 1.